The number of rotatable bonds is 10. The average molecular weight is 572 g/mol. The molecule has 0 fully saturated rings. The Kier molecular flexibility index (Phi) is 8.01. The summed E-state index contributed by atoms with van der Waals surface area (Å²) in [6.45, 7) is 0.0897. The number of nitrogens with one attached hydrogen (secondary N) is 3. The van der Waals surface area contributed by atoms with Gasteiger partial charge in [0.2, 0.25) is 0 Å². The minimum absolute atomic E-state index is 0.0897. The van der Waals surface area contributed by atoms with Gasteiger partial charge in [0, 0.05) is 18.0 Å². The molecule has 0 saturated carbocycles. The van der Waals surface area contributed by atoms with Crippen molar-refractivity contribution in [3.8, 4) is 17.1 Å². The second-order valence-electron chi connectivity index (χ2n) is 10.0. The van der Waals surface area contributed by atoms with E-state index in [0.717, 1.165) is 27.9 Å². The molecule has 0 saturated heterocycles. The molecule has 3 heterocycles. The van der Waals surface area contributed by atoms with Crippen LogP contribution in [-0.2, 0) is 17.8 Å². The van der Waals surface area contributed by atoms with Crippen molar-refractivity contribution in [3.05, 3.63) is 132 Å². The number of para-hydroxylation sites is 2. The highest BCUT2D eigenvalue weighted by molar-refractivity contribution is 5.97. The number of carbonyl (C=O) groups is 2. The van der Waals surface area contributed by atoms with Crippen molar-refractivity contribution in [2.75, 3.05) is 0 Å². The van der Waals surface area contributed by atoms with Crippen molar-refractivity contribution < 1.29 is 14.7 Å². The number of carbonyl (C=O) groups excluding carboxylic acids is 2. The zero-order chi connectivity index (χ0) is 29.6. The van der Waals surface area contributed by atoms with Gasteiger partial charge in [-0.15, -0.1) is 0 Å². The first kappa shape index (κ1) is 27.6. The molecular weight excluding hydrogens is 542 g/mol. The number of benzene rings is 3. The van der Waals surface area contributed by atoms with Crippen LogP contribution in [0.2, 0.25) is 0 Å². The number of hydrogen-bond donors (Lipinski definition) is 4. The number of aromatic nitrogens is 5. The predicted molar refractivity (Wildman–Crippen MR) is 162 cm³/mol. The minimum Gasteiger partial charge on any atom is -0.381 e. The van der Waals surface area contributed by atoms with Gasteiger partial charge in [-0.05, 0) is 42.3 Å². The van der Waals surface area contributed by atoms with Crippen LogP contribution in [0.4, 0.5) is 0 Å². The first-order valence-corrected chi connectivity index (χ1v) is 13.9. The number of imidazole rings is 1. The van der Waals surface area contributed by atoms with E-state index in [2.05, 4.69) is 30.7 Å². The maximum Gasteiger partial charge on any atom is 0.255 e. The van der Waals surface area contributed by atoms with Crippen molar-refractivity contribution in [2.45, 2.75) is 25.1 Å². The molecule has 0 radical (unpaired) electrons. The number of nitrogens with zero attached hydrogens (tertiary/aromatic N) is 4. The first-order chi connectivity index (χ1) is 21.0. The molecule has 3 aromatic carbocycles. The lowest BCUT2D eigenvalue weighted by Crippen LogP contribution is -2.51. The Hall–Kier alpha value is -5.61. The molecule has 43 heavy (non-hydrogen) atoms. The van der Waals surface area contributed by atoms with Gasteiger partial charge < -0.3 is 20.7 Å². The molecular formula is C33H29N7O3. The van der Waals surface area contributed by atoms with Crippen LogP contribution in [0.3, 0.4) is 0 Å². The van der Waals surface area contributed by atoms with Gasteiger partial charge in [-0.2, -0.15) is 5.10 Å². The van der Waals surface area contributed by atoms with Crippen LogP contribution < -0.4 is 10.6 Å². The fraction of sp³-hybridized carbons (Fsp3) is 0.121. The van der Waals surface area contributed by atoms with Crippen molar-refractivity contribution in [2.24, 2.45) is 0 Å². The molecule has 2 amide bonds. The molecule has 6 rings (SSSR count). The molecule has 2 unspecified atom stereocenters. The molecule has 0 aliphatic heterocycles. The van der Waals surface area contributed by atoms with Crippen molar-refractivity contribution >= 4 is 22.8 Å². The van der Waals surface area contributed by atoms with Gasteiger partial charge in [0.05, 0.1) is 34.9 Å². The van der Waals surface area contributed by atoms with Crippen molar-refractivity contribution in [1.29, 1.82) is 0 Å². The highest BCUT2D eigenvalue weighted by Gasteiger charge is 2.29. The smallest absolute Gasteiger partial charge is 0.255 e. The van der Waals surface area contributed by atoms with Crippen LogP contribution in [0.15, 0.2) is 116 Å². The van der Waals surface area contributed by atoms with Crippen LogP contribution >= 0.6 is 0 Å². The topological polar surface area (TPSA) is 138 Å². The first-order valence-electron chi connectivity index (χ1n) is 13.9. The third-order valence-electron chi connectivity index (χ3n) is 7.04. The number of aliphatic hydroxyl groups excluding tert-OH is 1. The normalized spacial score (nSPS) is 12.5. The van der Waals surface area contributed by atoms with Gasteiger partial charge in [-0.1, -0.05) is 72.8 Å². The van der Waals surface area contributed by atoms with E-state index in [1.807, 2.05) is 91.0 Å². The number of fused-ring (bicyclic) bond motifs is 1. The lowest BCUT2D eigenvalue weighted by atomic mass is 10.00. The Morgan fingerprint density at radius 3 is 2.42 bits per heavy atom. The zero-order valence-corrected chi connectivity index (χ0v) is 23.1. The third-order valence-corrected chi connectivity index (χ3v) is 7.04. The molecule has 3 aromatic heterocycles. The Labute approximate surface area is 247 Å². The number of amides is 2. The summed E-state index contributed by atoms with van der Waals surface area (Å²) in [5.74, 6) is -0.249. The molecule has 0 aliphatic carbocycles. The van der Waals surface area contributed by atoms with E-state index in [4.69, 9.17) is 0 Å². The summed E-state index contributed by atoms with van der Waals surface area (Å²) < 4.78 is 1.54. The van der Waals surface area contributed by atoms with Gasteiger partial charge >= 0.3 is 0 Å². The van der Waals surface area contributed by atoms with Crippen LogP contribution in [0.1, 0.15) is 21.7 Å². The summed E-state index contributed by atoms with van der Waals surface area (Å²) in [6, 6.07) is 30.8. The number of aromatic amines is 1. The van der Waals surface area contributed by atoms with Gasteiger partial charge in [0.15, 0.2) is 11.9 Å². The maximum absolute atomic E-state index is 13.7. The number of H-pyrrole nitrogens is 1. The maximum atomic E-state index is 13.7. The monoisotopic (exact) mass is 571 g/mol. The molecule has 2 atom stereocenters. The summed E-state index contributed by atoms with van der Waals surface area (Å²) in [5.41, 5.74) is 4.39. The molecule has 6 aromatic rings. The van der Waals surface area contributed by atoms with Crippen LogP contribution in [-0.4, -0.2) is 53.8 Å². The SMILES string of the molecule is O=C(NC(Cc1ccccc1)C(O)C(=O)NCc1nc2ccccc2[nH]1)c1cccnc1-n1ccc(-c2ccccc2)n1. The van der Waals surface area contributed by atoms with E-state index in [1.165, 1.54) is 0 Å². The van der Waals surface area contributed by atoms with E-state index in [-0.39, 0.29) is 18.5 Å². The second-order valence-corrected chi connectivity index (χ2v) is 10.0. The fourth-order valence-electron chi connectivity index (χ4n) is 4.86. The second kappa shape index (κ2) is 12.5. The number of pyridine rings is 1. The van der Waals surface area contributed by atoms with Crippen molar-refractivity contribution in [3.63, 3.8) is 0 Å². The largest absolute Gasteiger partial charge is 0.381 e. The van der Waals surface area contributed by atoms with Gasteiger partial charge in [-0.3, -0.25) is 9.59 Å². The van der Waals surface area contributed by atoms with Gasteiger partial charge in [-0.25, -0.2) is 14.6 Å². The Bertz CT molecular complexity index is 1820. The summed E-state index contributed by atoms with van der Waals surface area (Å²) >= 11 is 0. The summed E-state index contributed by atoms with van der Waals surface area (Å²) in [7, 11) is 0. The molecule has 10 nitrogen and oxygen atoms in total. The number of aliphatic hydroxyl groups is 1. The quantitative estimate of drug-likeness (QED) is 0.197. The zero-order valence-electron chi connectivity index (χ0n) is 23.1. The average Bonchev–Trinajstić information content (AvgIpc) is 3.71. The van der Waals surface area contributed by atoms with E-state index in [1.54, 1.807) is 29.2 Å². The molecule has 10 heteroatoms. The highest BCUT2D eigenvalue weighted by Crippen LogP contribution is 2.19. The predicted octanol–water partition coefficient (Wildman–Crippen LogP) is 3.83. The Morgan fingerprint density at radius 2 is 1.63 bits per heavy atom. The van der Waals surface area contributed by atoms with Crippen LogP contribution in [0, 0.1) is 0 Å². The summed E-state index contributed by atoms with van der Waals surface area (Å²) in [6.07, 6.45) is 2.01. The number of hydrogen-bond acceptors (Lipinski definition) is 6. The van der Waals surface area contributed by atoms with E-state index in [9.17, 15) is 14.7 Å². The van der Waals surface area contributed by atoms with E-state index >= 15 is 0 Å². The highest BCUT2D eigenvalue weighted by atomic mass is 16.3. The standard InChI is InChI=1S/C33H29N7O3/c41-30(33(43)35-21-29-36-26-15-7-8-16-27(26)37-29)28(20-22-10-3-1-4-11-22)38-32(42)24-14-9-18-34-31(24)40-19-17-25(39-40)23-12-5-2-6-13-23/h1-19,28,30,41H,20-21H2,(H,35,43)(H,36,37)(H,38,42). The molecule has 4 N–H and O–H groups in total. The van der Waals surface area contributed by atoms with Crippen molar-refractivity contribution in [1.82, 2.24) is 35.4 Å². The molecule has 214 valence electrons. The van der Waals surface area contributed by atoms with E-state index < -0.39 is 24.0 Å². The minimum atomic E-state index is -1.54. The summed E-state index contributed by atoms with van der Waals surface area (Å²) in [5, 5.41) is 21.4. The van der Waals surface area contributed by atoms with E-state index in [0.29, 0.717) is 11.6 Å². The molecule has 0 spiro atoms. The summed E-state index contributed by atoms with van der Waals surface area (Å²) in [4.78, 5) is 38.8. The fourth-order valence-corrected chi connectivity index (χ4v) is 4.86. The van der Waals surface area contributed by atoms with Gasteiger partial charge in [0.1, 0.15) is 5.82 Å². The van der Waals surface area contributed by atoms with Crippen LogP contribution in [0.25, 0.3) is 28.1 Å². The molecule has 0 aliphatic rings. The van der Waals surface area contributed by atoms with Gasteiger partial charge in [0.25, 0.3) is 11.8 Å². The lowest BCUT2D eigenvalue weighted by molar-refractivity contribution is -0.130. The Balaban J connectivity index is 1.21. The lowest BCUT2D eigenvalue weighted by Gasteiger charge is -2.24. The third kappa shape index (κ3) is 6.34. The van der Waals surface area contributed by atoms with Crippen LogP contribution in [0.5, 0.6) is 0 Å². The molecule has 0 bridgehead atoms. The Morgan fingerprint density at radius 1 is 0.884 bits per heavy atom.